The number of fused-ring (bicyclic) bond motifs is 1. The summed E-state index contributed by atoms with van der Waals surface area (Å²) < 4.78 is 6.92. The number of carbonyl (C=O) groups excluding carboxylic acids is 1. The highest BCUT2D eigenvalue weighted by molar-refractivity contribution is 5.84. The molecule has 0 spiro atoms. The van der Waals surface area contributed by atoms with Gasteiger partial charge >= 0.3 is 5.97 Å². The fourth-order valence-corrected chi connectivity index (χ4v) is 2.30. The average Bonchev–Trinajstić information content (AvgIpc) is 2.85. The van der Waals surface area contributed by atoms with Gasteiger partial charge in [0.1, 0.15) is 11.3 Å². The number of hydrogen-bond acceptors (Lipinski definition) is 4. The lowest BCUT2D eigenvalue weighted by Crippen LogP contribution is -2.04. The van der Waals surface area contributed by atoms with Crippen molar-refractivity contribution in [2.24, 2.45) is 0 Å². The van der Waals surface area contributed by atoms with E-state index in [9.17, 15) is 9.90 Å². The van der Waals surface area contributed by atoms with E-state index in [0.717, 1.165) is 30.5 Å². The number of phenolic OH excluding ortho intramolecular Hbond substituents is 1. The molecule has 2 aromatic rings. The van der Waals surface area contributed by atoms with Crippen molar-refractivity contribution in [3.05, 3.63) is 24.0 Å². The van der Waals surface area contributed by atoms with Crippen molar-refractivity contribution >= 4 is 17.0 Å². The second-order valence-electron chi connectivity index (χ2n) is 4.80. The quantitative estimate of drug-likeness (QED) is 0.651. The summed E-state index contributed by atoms with van der Waals surface area (Å²) in [5.41, 5.74) is 2.68. The number of benzene rings is 1. The first kappa shape index (κ1) is 14.4. The molecule has 0 atom stereocenters. The number of ether oxygens (including phenoxy) is 1. The zero-order valence-corrected chi connectivity index (χ0v) is 11.9. The second-order valence-corrected chi connectivity index (χ2v) is 4.80. The Kier molecular flexibility index (Phi) is 4.61. The Morgan fingerprint density at radius 1 is 1.40 bits per heavy atom. The highest BCUT2D eigenvalue weighted by Gasteiger charge is 2.09. The molecule has 108 valence electrons. The van der Waals surface area contributed by atoms with Crippen molar-refractivity contribution in [1.82, 2.24) is 9.55 Å². The maximum atomic E-state index is 11.2. The summed E-state index contributed by atoms with van der Waals surface area (Å²) >= 11 is 0. The maximum Gasteiger partial charge on any atom is 0.305 e. The Bertz CT molecular complexity index is 604. The molecule has 0 saturated carbocycles. The van der Waals surface area contributed by atoms with Gasteiger partial charge < -0.3 is 14.4 Å². The van der Waals surface area contributed by atoms with E-state index in [-0.39, 0.29) is 11.7 Å². The molecule has 5 nitrogen and oxygen atoms in total. The van der Waals surface area contributed by atoms with Crippen LogP contribution in [0, 0.1) is 6.92 Å². The third-order valence-electron chi connectivity index (χ3n) is 3.28. The number of aromatic nitrogens is 2. The van der Waals surface area contributed by atoms with Gasteiger partial charge in [0, 0.05) is 13.0 Å². The molecule has 1 aromatic heterocycles. The summed E-state index contributed by atoms with van der Waals surface area (Å²) in [5, 5.41) is 9.78. The number of aromatic hydroxyl groups is 1. The highest BCUT2D eigenvalue weighted by atomic mass is 16.5. The molecule has 0 aliphatic heterocycles. The van der Waals surface area contributed by atoms with Crippen LogP contribution in [0.15, 0.2) is 18.5 Å². The Labute approximate surface area is 118 Å². The summed E-state index contributed by atoms with van der Waals surface area (Å²) in [4.78, 5) is 15.5. The lowest BCUT2D eigenvalue weighted by molar-refractivity contribution is -0.143. The molecular weight excluding hydrogens is 256 g/mol. The van der Waals surface area contributed by atoms with E-state index in [1.54, 1.807) is 12.4 Å². The number of unbranched alkanes of at least 4 members (excludes halogenated alkanes) is 1. The maximum absolute atomic E-state index is 11.2. The number of carbonyl (C=O) groups is 1. The minimum atomic E-state index is -0.142. The van der Waals surface area contributed by atoms with E-state index in [2.05, 4.69) is 4.98 Å². The van der Waals surface area contributed by atoms with Crippen LogP contribution in [0.4, 0.5) is 0 Å². The molecule has 0 bridgehead atoms. The normalized spacial score (nSPS) is 10.9. The van der Waals surface area contributed by atoms with Gasteiger partial charge in [0.15, 0.2) is 0 Å². The van der Waals surface area contributed by atoms with Crippen LogP contribution >= 0.6 is 0 Å². The summed E-state index contributed by atoms with van der Waals surface area (Å²) in [5.74, 6) is 0.0627. The van der Waals surface area contributed by atoms with E-state index in [1.165, 1.54) is 0 Å². The van der Waals surface area contributed by atoms with Crippen molar-refractivity contribution in [1.29, 1.82) is 0 Å². The Hall–Kier alpha value is -2.04. The Morgan fingerprint density at radius 3 is 2.95 bits per heavy atom. The fourth-order valence-electron chi connectivity index (χ4n) is 2.30. The monoisotopic (exact) mass is 276 g/mol. The van der Waals surface area contributed by atoms with Crippen molar-refractivity contribution < 1.29 is 14.6 Å². The molecule has 1 N–H and O–H groups in total. The van der Waals surface area contributed by atoms with Crippen LogP contribution in [0.1, 0.15) is 31.7 Å². The molecule has 0 unspecified atom stereocenters. The van der Waals surface area contributed by atoms with Crippen molar-refractivity contribution in [3.63, 3.8) is 0 Å². The molecule has 20 heavy (non-hydrogen) atoms. The summed E-state index contributed by atoms with van der Waals surface area (Å²) in [6.07, 6.45) is 3.85. The predicted octanol–water partition coefficient (Wildman–Crippen LogP) is 2.78. The second kappa shape index (κ2) is 6.41. The number of rotatable bonds is 6. The fraction of sp³-hybridized carbons (Fsp3) is 0.467. The van der Waals surface area contributed by atoms with E-state index in [1.807, 2.05) is 24.5 Å². The molecule has 5 heteroatoms. The van der Waals surface area contributed by atoms with Crippen LogP contribution in [-0.4, -0.2) is 27.2 Å². The van der Waals surface area contributed by atoms with Crippen molar-refractivity contribution in [3.8, 4) is 5.75 Å². The van der Waals surface area contributed by atoms with Gasteiger partial charge in [0.2, 0.25) is 0 Å². The lowest BCUT2D eigenvalue weighted by Gasteiger charge is -2.07. The molecule has 1 aromatic carbocycles. The zero-order valence-electron chi connectivity index (χ0n) is 11.9. The first-order chi connectivity index (χ1) is 9.63. The largest absolute Gasteiger partial charge is 0.506 e. The number of esters is 1. The smallest absolute Gasteiger partial charge is 0.305 e. The molecule has 0 saturated heterocycles. The number of nitrogens with zero attached hydrogens (tertiary/aromatic N) is 2. The highest BCUT2D eigenvalue weighted by Crippen LogP contribution is 2.26. The molecule has 0 aliphatic carbocycles. The summed E-state index contributed by atoms with van der Waals surface area (Å²) in [7, 11) is 0. The summed E-state index contributed by atoms with van der Waals surface area (Å²) in [6.45, 7) is 5.02. The lowest BCUT2D eigenvalue weighted by atomic mass is 10.2. The van der Waals surface area contributed by atoms with E-state index < -0.39 is 0 Å². The van der Waals surface area contributed by atoms with Gasteiger partial charge in [-0.25, -0.2) is 4.98 Å². The Balaban J connectivity index is 1.97. The number of phenols is 1. The van der Waals surface area contributed by atoms with Gasteiger partial charge in [0.05, 0.1) is 18.5 Å². The van der Waals surface area contributed by atoms with Crippen LogP contribution in [0.2, 0.25) is 0 Å². The number of hydrogen-bond donors (Lipinski definition) is 1. The van der Waals surface area contributed by atoms with E-state index in [4.69, 9.17) is 4.74 Å². The number of imidazole rings is 1. The minimum absolute atomic E-state index is 0.142. The predicted molar refractivity (Wildman–Crippen MR) is 76.6 cm³/mol. The molecule has 1 heterocycles. The SMILES string of the molecule is CCOC(=O)CCCCn1cnc2c(O)ccc(C)c21. The van der Waals surface area contributed by atoms with Gasteiger partial charge in [-0.15, -0.1) is 0 Å². The van der Waals surface area contributed by atoms with Crippen LogP contribution in [0.25, 0.3) is 11.0 Å². The zero-order chi connectivity index (χ0) is 14.5. The first-order valence-corrected chi connectivity index (χ1v) is 6.92. The molecule has 0 amide bonds. The third kappa shape index (κ3) is 3.10. The standard InChI is InChI=1S/C15H20N2O3/c1-3-20-13(19)6-4-5-9-17-10-16-14-12(18)8-7-11(2)15(14)17/h7-8,10,18H,3-6,9H2,1-2H3. The van der Waals surface area contributed by atoms with Gasteiger partial charge in [-0.3, -0.25) is 4.79 Å². The topological polar surface area (TPSA) is 64.4 Å². The third-order valence-corrected chi connectivity index (χ3v) is 3.28. The Morgan fingerprint density at radius 2 is 2.20 bits per heavy atom. The van der Waals surface area contributed by atoms with Crippen LogP contribution < -0.4 is 0 Å². The van der Waals surface area contributed by atoms with E-state index >= 15 is 0 Å². The van der Waals surface area contributed by atoms with Crippen molar-refractivity contribution in [2.75, 3.05) is 6.61 Å². The van der Waals surface area contributed by atoms with E-state index in [0.29, 0.717) is 18.5 Å². The minimum Gasteiger partial charge on any atom is -0.506 e. The van der Waals surface area contributed by atoms with Gasteiger partial charge in [-0.05, 0) is 38.3 Å². The summed E-state index contributed by atoms with van der Waals surface area (Å²) in [6, 6.07) is 3.55. The van der Waals surface area contributed by atoms with Gasteiger partial charge in [0.25, 0.3) is 0 Å². The van der Waals surface area contributed by atoms with Crippen LogP contribution in [0.3, 0.4) is 0 Å². The molecule has 2 rings (SSSR count). The average molecular weight is 276 g/mol. The van der Waals surface area contributed by atoms with Crippen molar-refractivity contribution in [2.45, 2.75) is 39.7 Å². The first-order valence-electron chi connectivity index (χ1n) is 6.92. The molecule has 0 fully saturated rings. The van der Waals surface area contributed by atoms with Crippen LogP contribution in [-0.2, 0) is 16.1 Å². The van der Waals surface area contributed by atoms with Crippen LogP contribution in [0.5, 0.6) is 5.75 Å². The molecule has 0 aliphatic rings. The van der Waals surface area contributed by atoms with Gasteiger partial charge in [-0.2, -0.15) is 0 Å². The molecule has 0 radical (unpaired) electrons. The molecular formula is C15H20N2O3. The van der Waals surface area contributed by atoms with Gasteiger partial charge in [-0.1, -0.05) is 6.07 Å². The number of aryl methyl sites for hydroxylation is 2.